The molecule has 1 unspecified atom stereocenters. The van der Waals surface area contributed by atoms with Crippen molar-refractivity contribution in [3.8, 4) is 5.88 Å². The third-order valence-corrected chi connectivity index (χ3v) is 5.06. The molecule has 1 atom stereocenters. The van der Waals surface area contributed by atoms with Gasteiger partial charge >= 0.3 is 5.97 Å². The van der Waals surface area contributed by atoms with Crippen molar-refractivity contribution >= 4 is 17.3 Å². The first-order valence-electron chi connectivity index (χ1n) is 7.93. The molecule has 0 aromatic carbocycles. The molecule has 1 aromatic heterocycles. The lowest BCUT2D eigenvalue weighted by Gasteiger charge is -2.44. The smallest absolute Gasteiger partial charge is 0.353 e. The van der Waals surface area contributed by atoms with Crippen LogP contribution >= 0.6 is 11.3 Å². The minimum atomic E-state index is -0.339. The highest BCUT2D eigenvalue weighted by atomic mass is 32.1. The summed E-state index contributed by atoms with van der Waals surface area (Å²) in [6, 6.07) is 0. The quantitative estimate of drug-likeness (QED) is 0.777. The lowest BCUT2D eigenvalue weighted by molar-refractivity contribution is 0.0100. The number of nitrogens with zero attached hydrogens (tertiary/aromatic N) is 2. The first kappa shape index (κ1) is 17.2. The molecule has 124 valence electrons. The van der Waals surface area contributed by atoms with Crippen LogP contribution in [0.5, 0.6) is 5.88 Å². The summed E-state index contributed by atoms with van der Waals surface area (Å²) in [5, 5.41) is 0.823. The van der Waals surface area contributed by atoms with Gasteiger partial charge in [-0.3, -0.25) is 4.90 Å². The Bertz CT molecular complexity index is 527. The fourth-order valence-corrected chi connectivity index (χ4v) is 3.80. The number of aryl methyl sites for hydroxylation is 1. The van der Waals surface area contributed by atoms with Gasteiger partial charge in [-0.25, -0.2) is 9.78 Å². The van der Waals surface area contributed by atoms with E-state index in [2.05, 4.69) is 30.7 Å². The number of aromatic nitrogens is 1. The predicted molar refractivity (Wildman–Crippen MR) is 87.8 cm³/mol. The van der Waals surface area contributed by atoms with E-state index in [9.17, 15) is 4.79 Å². The van der Waals surface area contributed by atoms with Gasteiger partial charge < -0.3 is 9.47 Å². The molecule has 0 spiro atoms. The molecule has 1 aliphatic rings. The van der Waals surface area contributed by atoms with E-state index in [0.29, 0.717) is 17.4 Å². The average Bonchev–Trinajstić information content (AvgIpc) is 2.79. The van der Waals surface area contributed by atoms with E-state index in [1.165, 1.54) is 11.3 Å². The predicted octanol–water partition coefficient (Wildman–Crippen LogP) is 3.27. The molecular formula is C16H26N2O3S. The summed E-state index contributed by atoms with van der Waals surface area (Å²) in [5.41, 5.74) is 0.104. The van der Waals surface area contributed by atoms with Gasteiger partial charge in [0, 0.05) is 18.5 Å². The van der Waals surface area contributed by atoms with Crippen LogP contribution in [-0.2, 0) is 4.74 Å². The second kappa shape index (κ2) is 6.96. The van der Waals surface area contributed by atoms with Crippen molar-refractivity contribution < 1.29 is 14.3 Å². The number of carbonyl (C=O) groups is 1. The molecule has 2 heterocycles. The van der Waals surface area contributed by atoms with E-state index in [0.717, 1.165) is 30.9 Å². The highest BCUT2D eigenvalue weighted by molar-refractivity contribution is 7.13. The van der Waals surface area contributed by atoms with Gasteiger partial charge in [0.1, 0.15) is 6.10 Å². The SMILES string of the molecule is CCOC(=O)c1sc(C)nc1OC1CCN(CC)C(C)(C)C1. The molecule has 1 aromatic rings. The van der Waals surface area contributed by atoms with Crippen LogP contribution in [0.1, 0.15) is 55.2 Å². The fourth-order valence-electron chi connectivity index (χ4n) is 3.05. The van der Waals surface area contributed by atoms with Crippen molar-refractivity contribution in [2.75, 3.05) is 19.7 Å². The molecule has 0 bridgehead atoms. The summed E-state index contributed by atoms with van der Waals surface area (Å²) >= 11 is 1.33. The third kappa shape index (κ3) is 3.79. The Balaban J connectivity index is 2.10. The van der Waals surface area contributed by atoms with Gasteiger partial charge in [-0.2, -0.15) is 0 Å². The van der Waals surface area contributed by atoms with Crippen molar-refractivity contribution in [3.05, 3.63) is 9.88 Å². The van der Waals surface area contributed by atoms with Crippen LogP contribution in [0, 0.1) is 6.92 Å². The van der Waals surface area contributed by atoms with Gasteiger partial charge in [0.05, 0.1) is 11.6 Å². The molecule has 6 heteroatoms. The molecule has 2 rings (SSSR count). The van der Waals surface area contributed by atoms with E-state index in [-0.39, 0.29) is 17.6 Å². The molecule has 5 nitrogen and oxygen atoms in total. The van der Waals surface area contributed by atoms with Crippen molar-refractivity contribution in [1.82, 2.24) is 9.88 Å². The van der Waals surface area contributed by atoms with Crippen molar-refractivity contribution in [2.45, 2.75) is 59.1 Å². The van der Waals surface area contributed by atoms with Crippen molar-refractivity contribution in [3.63, 3.8) is 0 Å². The minimum absolute atomic E-state index is 0.0903. The summed E-state index contributed by atoms with van der Waals surface area (Å²) in [6.45, 7) is 12.8. The van der Waals surface area contributed by atoms with Crippen LogP contribution in [0.15, 0.2) is 0 Å². The monoisotopic (exact) mass is 326 g/mol. The van der Waals surface area contributed by atoms with E-state index >= 15 is 0 Å². The number of carbonyl (C=O) groups excluding carboxylic acids is 1. The number of thiazole rings is 1. The van der Waals surface area contributed by atoms with E-state index < -0.39 is 0 Å². The number of esters is 1. The van der Waals surface area contributed by atoms with Crippen LogP contribution in [-0.4, -0.2) is 47.2 Å². The van der Waals surface area contributed by atoms with Gasteiger partial charge in [-0.15, -0.1) is 11.3 Å². The number of piperidine rings is 1. The Hall–Kier alpha value is -1.14. The number of ether oxygens (including phenoxy) is 2. The maximum atomic E-state index is 12.0. The van der Waals surface area contributed by atoms with Gasteiger partial charge in [-0.1, -0.05) is 6.92 Å². The summed E-state index contributed by atoms with van der Waals surface area (Å²) in [7, 11) is 0. The third-order valence-electron chi connectivity index (χ3n) is 4.13. The standard InChI is InChI=1S/C16H26N2O3S/c1-6-18-9-8-12(10-16(18,4)5)21-14-13(15(19)20-7-2)22-11(3)17-14/h12H,6-10H2,1-5H3. The number of rotatable bonds is 5. The van der Waals surface area contributed by atoms with Crippen LogP contribution in [0.3, 0.4) is 0 Å². The molecule has 1 fully saturated rings. The lowest BCUT2D eigenvalue weighted by atomic mass is 9.88. The molecule has 22 heavy (non-hydrogen) atoms. The zero-order chi connectivity index (χ0) is 16.3. The molecule has 0 N–H and O–H groups in total. The zero-order valence-corrected chi connectivity index (χ0v) is 15.0. The first-order valence-corrected chi connectivity index (χ1v) is 8.75. The fraction of sp³-hybridized carbons (Fsp3) is 0.750. The van der Waals surface area contributed by atoms with Crippen LogP contribution in [0.2, 0.25) is 0 Å². The Morgan fingerprint density at radius 2 is 2.18 bits per heavy atom. The molecule has 0 aliphatic carbocycles. The number of hydrogen-bond acceptors (Lipinski definition) is 6. The number of hydrogen-bond donors (Lipinski definition) is 0. The Morgan fingerprint density at radius 3 is 2.77 bits per heavy atom. The Labute approximate surface area is 136 Å². The molecule has 1 aliphatic heterocycles. The topological polar surface area (TPSA) is 51.7 Å². The highest BCUT2D eigenvalue weighted by Gasteiger charge is 2.35. The number of likely N-dealkylation sites (tertiary alicyclic amines) is 1. The zero-order valence-electron chi connectivity index (χ0n) is 14.1. The highest BCUT2D eigenvalue weighted by Crippen LogP contribution is 2.32. The van der Waals surface area contributed by atoms with Gasteiger partial charge in [0.2, 0.25) is 5.88 Å². The molecule has 0 radical (unpaired) electrons. The van der Waals surface area contributed by atoms with Crippen LogP contribution < -0.4 is 4.74 Å². The van der Waals surface area contributed by atoms with Crippen molar-refractivity contribution in [1.29, 1.82) is 0 Å². The normalized spacial score (nSPS) is 21.6. The summed E-state index contributed by atoms with van der Waals surface area (Å²) in [6.07, 6.45) is 1.97. The minimum Gasteiger partial charge on any atom is -0.473 e. The molecule has 0 saturated carbocycles. The van der Waals surface area contributed by atoms with Crippen LogP contribution in [0.25, 0.3) is 0 Å². The van der Waals surface area contributed by atoms with E-state index in [4.69, 9.17) is 9.47 Å². The molecule has 0 amide bonds. The van der Waals surface area contributed by atoms with Crippen LogP contribution in [0.4, 0.5) is 0 Å². The second-order valence-electron chi connectivity index (χ2n) is 6.21. The summed E-state index contributed by atoms with van der Waals surface area (Å²) in [5.74, 6) is 0.0973. The van der Waals surface area contributed by atoms with Gasteiger partial charge in [0.25, 0.3) is 0 Å². The van der Waals surface area contributed by atoms with Crippen molar-refractivity contribution in [2.24, 2.45) is 0 Å². The lowest BCUT2D eigenvalue weighted by Crippen LogP contribution is -2.52. The maximum absolute atomic E-state index is 12.0. The van der Waals surface area contributed by atoms with Gasteiger partial charge in [-0.05, 0) is 40.7 Å². The molecular weight excluding hydrogens is 300 g/mol. The Morgan fingerprint density at radius 1 is 1.45 bits per heavy atom. The summed E-state index contributed by atoms with van der Waals surface area (Å²) in [4.78, 5) is 19.3. The Kier molecular flexibility index (Phi) is 5.45. The average molecular weight is 326 g/mol. The maximum Gasteiger partial charge on any atom is 0.353 e. The first-order chi connectivity index (χ1) is 10.4. The largest absolute Gasteiger partial charge is 0.473 e. The van der Waals surface area contributed by atoms with Gasteiger partial charge in [0.15, 0.2) is 4.88 Å². The summed E-state index contributed by atoms with van der Waals surface area (Å²) < 4.78 is 11.2. The molecule has 1 saturated heterocycles. The van der Waals surface area contributed by atoms with E-state index in [1.807, 2.05) is 6.92 Å². The second-order valence-corrected chi connectivity index (χ2v) is 7.42. The van der Waals surface area contributed by atoms with E-state index in [1.54, 1.807) is 6.92 Å².